The van der Waals surface area contributed by atoms with E-state index in [0.29, 0.717) is 31.7 Å². The number of nitrogens with zero attached hydrogens (tertiary/aromatic N) is 4. The molecule has 2 heterocycles. The summed E-state index contributed by atoms with van der Waals surface area (Å²) in [6.07, 6.45) is 0. The molecule has 1 saturated heterocycles. The minimum atomic E-state index is -3.96. The van der Waals surface area contributed by atoms with Crippen LogP contribution in [0.5, 0.6) is 0 Å². The molecule has 2 aromatic carbocycles. The molecule has 0 saturated carbocycles. The summed E-state index contributed by atoms with van der Waals surface area (Å²) in [7, 11) is -5.64. The second-order valence-electron chi connectivity index (χ2n) is 6.73. The van der Waals surface area contributed by atoms with Gasteiger partial charge >= 0.3 is 0 Å². The maximum Gasteiger partial charge on any atom is 0.264 e. The zero-order valence-corrected chi connectivity index (χ0v) is 17.1. The Hall–Kier alpha value is -2.54. The quantitative estimate of drug-likeness (QED) is 0.626. The zero-order valence-electron chi connectivity index (χ0n) is 15.5. The number of benzene rings is 2. The molecule has 29 heavy (non-hydrogen) atoms. The van der Waals surface area contributed by atoms with E-state index in [-0.39, 0.29) is 21.0 Å². The standard InChI is InChI=1S/C17H19N5O5S2/c1-21-9-11-22(12-10-21)29(25,26)14-7-5-13(6-8-14)20-28(23,24)16-4-2-3-15-17(16)19-27-18-15/h2-8,20H,9-12H2,1H3. The number of likely N-dealkylation sites (N-methyl/N-ethyl adjacent to an activating group) is 1. The predicted octanol–water partition coefficient (Wildman–Crippen LogP) is 0.960. The van der Waals surface area contributed by atoms with Gasteiger partial charge in [0.1, 0.15) is 10.4 Å². The van der Waals surface area contributed by atoms with Gasteiger partial charge in [0.15, 0.2) is 5.52 Å². The average molecular weight is 438 g/mol. The van der Waals surface area contributed by atoms with Crippen molar-refractivity contribution >= 4 is 36.8 Å². The Kier molecular flexibility index (Phi) is 5.02. The van der Waals surface area contributed by atoms with Gasteiger partial charge in [0.25, 0.3) is 10.0 Å². The van der Waals surface area contributed by atoms with Crippen LogP contribution in [0.3, 0.4) is 0 Å². The highest BCUT2D eigenvalue weighted by molar-refractivity contribution is 7.93. The van der Waals surface area contributed by atoms with Crippen molar-refractivity contribution in [2.24, 2.45) is 0 Å². The first-order valence-electron chi connectivity index (χ1n) is 8.80. The Morgan fingerprint density at radius 3 is 2.31 bits per heavy atom. The number of piperazine rings is 1. The lowest BCUT2D eigenvalue weighted by molar-refractivity contribution is 0.222. The van der Waals surface area contributed by atoms with Crippen LogP contribution in [0, 0.1) is 0 Å². The van der Waals surface area contributed by atoms with Crippen LogP contribution in [-0.2, 0) is 20.0 Å². The van der Waals surface area contributed by atoms with Gasteiger partial charge in [-0.15, -0.1) is 0 Å². The smallest absolute Gasteiger partial charge is 0.264 e. The Labute approximate surface area is 168 Å². The fraction of sp³-hybridized carbons (Fsp3) is 0.294. The van der Waals surface area contributed by atoms with Crippen molar-refractivity contribution in [3.8, 4) is 0 Å². The largest absolute Gasteiger partial charge is 0.304 e. The van der Waals surface area contributed by atoms with E-state index in [4.69, 9.17) is 0 Å². The monoisotopic (exact) mass is 437 g/mol. The Balaban J connectivity index is 1.56. The van der Waals surface area contributed by atoms with Crippen LogP contribution in [0.15, 0.2) is 56.9 Å². The summed E-state index contributed by atoms with van der Waals surface area (Å²) in [5.41, 5.74) is 0.673. The van der Waals surface area contributed by atoms with Crippen LogP contribution in [0.2, 0.25) is 0 Å². The molecular formula is C17H19N5O5S2. The van der Waals surface area contributed by atoms with E-state index in [1.54, 1.807) is 6.07 Å². The number of rotatable bonds is 5. The summed E-state index contributed by atoms with van der Waals surface area (Å²) in [6, 6.07) is 10.1. The van der Waals surface area contributed by atoms with Crippen LogP contribution >= 0.6 is 0 Å². The molecule has 0 aliphatic carbocycles. The van der Waals surface area contributed by atoms with E-state index in [2.05, 4.69) is 24.6 Å². The lowest BCUT2D eigenvalue weighted by Crippen LogP contribution is -2.46. The first-order valence-corrected chi connectivity index (χ1v) is 11.7. The minimum Gasteiger partial charge on any atom is -0.304 e. The highest BCUT2D eigenvalue weighted by atomic mass is 32.2. The number of nitrogens with one attached hydrogen (secondary N) is 1. The van der Waals surface area contributed by atoms with Gasteiger partial charge in [-0.2, -0.15) is 4.31 Å². The fourth-order valence-electron chi connectivity index (χ4n) is 3.08. The van der Waals surface area contributed by atoms with E-state index >= 15 is 0 Å². The van der Waals surface area contributed by atoms with Crippen LogP contribution in [0.25, 0.3) is 11.0 Å². The number of hydrogen-bond acceptors (Lipinski definition) is 8. The van der Waals surface area contributed by atoms with Gasteiger partial charge in [-0.1, -0.05) is 6.07 Å². The summed E-state index contributed by atoms with van der Waals surface area (Å²) >= 11 is 0. The maximum absolute atomic E-state index is 12.8. The summed E-state index contributed by atoms with van der Waals surface area (Å²) in [4.78, 5) is 2.10. The summed E-state index contributed by atoms with van der Waals surface area (Å²) in [6.45, 7) is 2.17. The van der Waals surface area contributed by atoms with Gasteiger partial charge in [0.05, 0.1) is 4.90 Å². The molecule has 1 aromatic heterocycles. The van der Waals surface area contributed by atoms with Crippen molar-refractivity contribution in [1.29, 1.82) is 0 Å². The molecule has 0 bridgehead atoms. The number of sulfonamides is 2. The number of aromatic nitrogens is 2. The maximum atomic E-state index is 12.8. The van der Waals surface area contributed by atoms with Gasteiger partial charge < -0.3 is 4.90 Å². The fourth-order valence-corrected chi connectivity index (χ4v) is 5.71. The molecule has 1 aliphatic rings. The lowest BCUT2D eigenvalue weighted by Gasteiger charge is -2.31. The first-order chi connectivity index (χ1) is 13.8. The summed E-state index contributed by atoms with van der Waals surface area (Å²) in [5.74, 6) is 0. The van der Waals surface area contributed by atoms with Gasteiger partial charge in [-0.3, -0.25) is 4.72 Å². The van der Waals surface area contributed by atoms with Crippen molar-refractivity contribution < 1.29 is 21.5 Å². The van der Waals surface area contributed by atoms with Crippen molar-refractivity contribution in [1.82, 2.24) is 19.5 Å². The van der Waals surface area contributed by atoms with Crippen LogP contribution in [0.1, 0.15) is 0 Å². The minimum absolute atomic E-state index is 0.0783. The molecule has 0 amide bonds. The van der Waals surface area contributed by atoms with Gasteiger partial charge in [-0.25, -0.2) is 21.5 Å². The average Bonchev–Trinajstić information content (AvgIpc) is 3.17. The highest BCUT2D eigenvalue weighted by Crippen LogP contribution is 2.24. The van der Waals surface area contributed by atoms with Gasteiger partial charge in [0.2, 0.25) is 10.0 Å². The molecule has 0 atom stereocenters. The summed E-state index contributed by atoms with van der Waals surface area (Å²) < 4.78 is 59.5. The van der Waals surface area contributed by atoms with Crippen molar-refractivity contribution in [2.45, 2.75) is 9.79 Å². The van der Waals surface area contributed by atoms with Crippen LogP contribution in [-0.4, -0.2) is 69.6 Å². The van der Waals surface area contributed by atoms with Crippen LogP contribution < -0.4 is 4.72 Å². The topological polar surface area (TPSA) is 126 Å². The Bertz CT molecular complexity index is 1230. The third-order valence-electron chi connectivity index (χ3n) is 4.75. The van der Waals surface area contributed by atoms with E-state index in [1.807, 2.05) is 7.05 Å². The Morgan fingerprint density at radius 1 is 0.931 bits per heavy atom. The second-order valence-corrected chi connectivity index (χ2v) is 10.3. The predicted molar refractivity (Wildman–Crippen MR) is 105 cm³/mol. The third kappa shape index (κ3) is 3.83. The van der Waals surface area contributed by atoms with Crippen molar-refractivity contribution in [3.63, 3.8) is 0 Å². The van der Waals surface area contributed by atoms with Gasteiger partial charge in [0, 0.05) is 31.9 Å². The molecule has 0 spiro atoms. The summed E-state index contributed by atoms with van der Waals surface area (Å²) in [5, 5.41) is 7.27. The molecule has 154 valence electrons. The highest BCUT2D eigenvalue weighted by Gasteiger charge is 2.27. The third-order valence-corrected chi connectivity index (χ3v) is 8.07. The van der Waals surface area contributed by atoms with E-state index in [9.17, 15) is 16.8 Å². The number of hydrogen-bond donors (Lipinski definition) is 1. The van der Waals surface area contributed by atoms with E-state index < -0.39 is 20.0 Å². The van der Waals surface area contributed by atoms with E-state index in [1.165, 1.54) is 40.7 Å². The molecule has 1 aliphatic heterocycles. The van der Waals surface area contributed by atoms with Crippen molar-refractivity contribution in [3.05, 3.63) is 42.5 Å². The van der Waals surface area contributed by atoms with E-state index in [0.717, 1.165) is 0 Å². The molecule has 12 heteroatoms. The van der Waals surface area contributed by atoms with Gasteiger partial charge in [-0.05, 0) is 53.8 Å². The zero-order chi connectivity index (χ0) is 20.6. The molecule has 1 fully saturated rings. The van der Waals surface area contributed by atoms with Crippen LogP contribution in [0.4, 0.5) is 5.69 Å². The number of anilines is 1. The Morgan fingerprint density at radius 2 is 1.62 bits per heavy atom. The lowest BCUT2D eigenvalue weighted by atomic mass is 10.3. The molecular weight excluding hydrogens is 418 g/mol. The molecule has 10 nitrogen and oxygen atoms in total. The molecule has 4 rings (SSSR count). The normalized spacial score (nSPS) is 16.9. The number of fused-ring (bicyclic) bond motifs is 1. The molecule has 0 unspecified atom stereocenters. The SMILES string of the molecule is CN1CCN(S(=O)(=O)c2ccc(NS(=O)(=O)c3cccc4nonc34)cc2)CC1. The molecule has 3 aromatic rings. The van der Waals surface area contributed by atoms with Crippen molar-refractivity contribution in [2.75, 3.05) is 37.9 Å². The molecule has 0 radical (unpaired) electrons. The first kappa shape index (κ1) is 19.8. The second kappa shape index (κ2) is 7.37. The molecule has 1 N–H and O–H groups in total.